The molecule has 0 saturated heterocycles. The minimum Gasteiger partial charge on any atom is -0.396 e. The summed E-state index contributed by atoms with van der Waals surface area (Å²) < 4.78 is 24.3. The molecule has 0 bridgehead atoms. The first-order valence-electron chi connectivity index (χ1n) is 3.93. The average molecular weight is 195 g/mol. The van der Waals surface area contributed by atoms with E-state index in [0.29, 0.717) is 12.8 Å². The largest absolute Gasteiger partial charge is 0.396 e. The van der Waals surface area contributed by atoms with Gasteiger partial charge in [0.25, 0.3) is 0 Å². The Labute approximate surface area is 74.0 Å². The summed E-state index contributed by atoms with van der Waals surface area (Å²) in [5.41, 5.74) is -0.512. The van der Waals surface area contributed by atoms with Gasteiger partial charge in [-0.25, -0.2) is 13.1 Å². The second-order valence-electron chi connectivity index (χ2n) is 3.26. The Morgan fingerprint density at radius 3 is 2.25 bits per heavy atom. The molecule has 12 heavy (non-hydrogen) atoms. The van der Waals surface area contributed by atoms with Crippen molar-refractivity contribution in [2.75, 3.05) is 12.9 Å². The smallest absolute Gasteiger partial charge is 0.209 e. The molecule has 0 aromatic carbocycles. The van der Waals surface area contributed by atoms with Crippen LogP contribution in [0.4, 0.5) is 0 Å². The van der Waals surface area contributed by atoms with Crippen molar-refractivity contribution in [1.29, 1.82) is 0 Å². The summed E-state index contributed by atoms with van der Waals surface area (Å²) in [4.78, 5) is 0. The van der Waals surface area contributed by atoms with Crippen LogP contribution in [0.25, 0.3) is 0 Å². The van der Waals surface area contributed by atoms with Crippen LogP contribution in [0.1, 0.15) is 26.7 Å². The van der Waals surface area contributed by atoms with Gasteiger partial charge in [0.2, 0.25) is 10.0 Å². The maximum absolute atomic E-state index is 10.9. The maximum Gasteiger partial charge on any atom is 0.209 e. The molecule has 0 aromatic rings. The summed E-state index contributed by atoms with van der Waals surface area (Å²) in [6, 6.07) is 0. The van der Waals surface area contributed by atoms with Crippen LogP contribution in [0.15, 0.2) is 0 Å². The maximum atomic E-state index is 10.9. The molecule has 1 unspecified atom stereocenters. The van der Waals surface area contributed by atoms with Crippen molar-refractivity contribution in [1.82, 2.24) is 4.72 Å². The van der Waals surface area contributed by atoms with E-state index >= 15 is 0 Å². The van der Waals surface area contributed by atoms with E-state index in [1.807, 2.05) is 6.92 Å². The molecule has 1 atom stereocenters. The minimum atomic E-state index is -3.18. The van der Waals surface area contributed by atoms with Crippen molar-refractivity contribution in [3.63, 3.8) is 0 Å². The van der Waals surface area contributed by atoms with E-state index in [2.05, 4.69) is 4.72 Å². The summed E-state index contributed by atoms with van der Waals surface area (Å²) in [6.07, 6.45) is 2.23. The van der Waals surface area contributed by atoms with Crippen LogP contribution in [0, 0.1) is 0 Å². The van der Waals surface area contributed by atoms with Gasteiger partial charge in [0, 0.05) is 12.1 Å². The molecule has 0 spiro atoms. The van der Waals surface area contributed by atoms with E-state index in [0.717, 1.165) is 6.26 Å². The molecule has 0 heterocycles. The van der Waals surface area contributed by atoms with E-state index < -0.39 is 15.6 Å². The van der Waals surface area contributed by atoms with E-state index in [4.69, 9.17) is 5.11 Å². The van der Waals surface area contributed by atoms with Crippen LogP contribution in [0.2, 0.25) is 0 Å². The predicted octanol–water partition coefficient (Wildman–Crippen LogP) is 0.0867. The highest BCUT2D eigenvalue weighted by atomic mass is 32.2. The fourth-order valence-electron chi connectivity index (χ4n) is 0.994. The third-order valence-electron chi connectivity index (χ3n) is 1.88. The molecule has 4 nitrogen and oxygen atoms in total. The topological polar surface area (TPSA) is 66.4 Å². The molecule has 74 valence electrons. The second-order valence-corrected chi connectivity index (χ2v) is 5.01. The van der Waals surface area contributed by atoms with Gasteiger partial charge in [-0.2, -0.15) is 0 Å². The second kappa shape index (κ2) is 4.20. The molecule has 5 heteroatoms. The summed E-state index contributed by atoms with van der Waals surface area (Å²) in [6.45, 7) is 3.66. The zero-order chi connectivity index (χ0) is 9.83. The molecule has 0 aromatic heterocycles. The lowest BCUT2D eigenvalue weighted by Gasteiger charge is -2.27. The van der Waals surface area contributed by atoms with Crippen LogP contribution in [-0.2, 0) is 10.0 Å². The van der Waals surface area contributed by atoms with Gasteiger partial charge in [0.1, 0.15) is 0 Å². The molecule has 0 fully saturated rings. The number of hydrogen-bond donors (Lipinski definition) is 2. The van der Waals surface area contributed by atoms with Gasteiger partial charge < -0.3 is 5.11 Å². The summed E-state index contributed by atoms with van der Waals surface area (Å²) in [5, 5.41) is 8.70. The van der Waals surface area contributed by atoms with Crippen molar-refractivity contribution < 1.29 is 13.5 Å². The van der Waals surface area contributed by atoms with Crippen LogP contribution in [-0.4, -0.2) is 31.9 Å². The number of nitrogens with one attached hydrogen (secondary N) is 1. The Morgan fingerprint density at radius 2 is 2.00 bits per heavy atom. The number of rotatable bonds is 5. The molecule has 0 radical (unpaired) electrons. The first-order valence-corrected chi connectivity index (χ1v) is 5.82. The predicted molar refractivity (Wildman–Crippen MR) is 48.4 cm³/mol. The summed E-state index contributed by atoms with van der Waals surface area (Å²) >= 11 is 0. The minimum absolute atomic E-state index is 0.00708. The van der Waals surface area contributed by atoms with Crippen LogP contribution in [0.5, 0.6) is 0 Å². The van der Waals surface area contributed by atoms with Crippen LogP contribution in [0.3, 0.4) is 0 Å². The molecular formula is C7H17NO3S. The zero-order valence-electron chi connectivity index (χ0n) is 7.79. The highest BCUT2D eigenvalue weighted by molar-refractivity contribution is 7.88. The van der Waals surface area contributed by atoms with Crippen molar-refractivity contribution >= 4 is 10.0 Å². The highest BCUT2D eigenvalue weighted by Gasteiger charge is 2.24. The fourth-order valence-corrected chi connectivity index (χ4v) is 2.14. The first-order chi connectivity index (χ1) is 5.33. The Kier molecular flexibility index (Phi) is 4.16. The Balaban J connectivity index is 4.34. The standard InChI is InChI=1S/C7H17NO3S/c1-4-7(2,5-6-9)8-12(3,10)11/h8-9H,4-6H2,1-3H3. The third kappa shape index (κ3) is 4.69. The molecule has 2 N–H and O–H groups in total. The van der Waals surface area contributed by atoms with E-state index in [9.17, 15) is 8.42 Å². The summed E-state index contributed by atoms with van der Waals surface area (Å²) in [5.74, 6) is 0. The van der Waals surface area contributed by atoms with E-state index in [1.54, 1.807) is 6.92 Å². The molecule has 0 aliphatic rings. The van der Waals surface area contributed by atoms with E-state index in [1.165, 1.54) is 0 Å². The van der Waals surface area contributed by atoms with Gasteiger partial charge in [0.15, 0.2) is 0 Å². The third-order valence-corrected chi connectivity index (χ3v) is 2.74. The lowest BCUT2D eigenvalue weighted by Crippen LogP contribution is -2.45. The Morgan fingerprint density at radius 1 is 1.50 bits per heavy atom. The van der Waals surface area contributed by atoms with Gasteiger partial charge in [-0.15, -0.1) is 0 Å². The van der Waals surface area contributed by atoms with Gasteiger partial charge >= 0.3 is 0 Å². The Hall–Kier alpha value is -0.130. The average Bonchev–Trinajstić information content (AvgIpc) is 1.84. The number of aliphatic hydroxyl groups excluding tert-OH is 1. The molecular weight excluding hydrogens is 178 g/mol. The van der Waals surface area contributed by atoms with Gasteiger partial charge in [-0.1, -0.05) is 6.92 Å². The summed E-state index contributed by atoms with van der Waals surface area (Å²) in [7, 11) is -3.18. The lowest BCUT2D eigenvalue weighted by molar-refractivity contribution is 0.233. The molecule has 0 saturated carbocycles. The zero-order valence-corrected chi connectivity index (χ0v) is 8.61. The first kappa shape index (κ1) is 11.9. The lowest BCUT2D eigenvalue weighted by atomic mass is 9.97. The van der Waals surface area contributed by atoms with Crippen molar-refractivity contribution in [3.8, 4) is 0 Å². The number of sulfonamides is 1. The number of hydrogen-bond acceptors (Lipinski definition) is 3. The monoisotopic (exact) mass is 195 g/mol. The van der Waals surface area contributed by atoms with E-state index in [-0.39, 0.29) is 6.61 Å². The Bertz CT molecular complexity index is 225. The van der Waals surface area contributed by atoms with Gasteiger partial charge in [0.05, 0.1) is 6.26 Å². The van der Waals surface area contributed by atoms with Crippen molar-refractivity contribution in [2.45, 2.75) is 32.2 Å². The van der Waals surface area contributed by atoms with Crippen molar-refractivity contribution in [2.24, 2.45) is 0 Å². The normalized spacial score (nSPS) is 17.3. The fraction of sp³-hybridized carbons (Fsp3) is 1.00. The van der Waals surface area contributed by atoms with Gasteiger partial charge in [-0.05, 0) is 19.8 Å². The molecule has 0 amide bonds. The SMILES string of the molecule is CCC(C)(CCO)NS(C)(=O)=O. The van der Waals surface area contributed by atoms with Crippen LogP contribution < -0.4 is 4.72 Å². The molecule has 0 aliphatic carbocycles. The molecule has 0 aliphatic heterocycles. The number of aliphatic hydroxyl groups is 1. The van der Waals surface area contributed by atoms with Crippen molar-refractivity contribution in [3.05, 3.63) is 0 Å². The molecule has 0 rings (SSSR count). The van der Waals surface area contributed by atoms with Gasteiger partial charge in [-0.3, -0.25) is 0 Å². The highest BCUT2D eigenvalue weighted by Crippen LogP contribution is 2.14. The van der Waals surface area contributed by atoms with Crippen LogP contribution >= 0.6 is 0 Å². The quantitative estimate of drug-likeness (QED) is 0.653.